The normalized spacial score (nSPS) is 13.1. The Kier molecular flexibility index (Phi) is 6.63. The third-order valence-electron chi connectivity index (χ3n) is 2.66. The van der Waals surface area contributed by atoms with Gasteiger partial charge in [-0.3, -0.25) is 4.79 Å². The van der Waals surface area contributed by atoms with Gasteiger partial charge in [0, 0.05) is 13.7 Å². The number of sulfonamides is 1. The van der Waals surface area contributed by atoms with E-state index in [1.165, 1.54) is 7.11 Å². The molecule has 0 saturated carbocycles. The van der Waals surface area contributed by atoms with Crippen molar-refractivity contribution in [2.24, 2.45) is 0 Å². The summed E-state index contributed by atoms with van der Waals surface area (Å²) in [7, 11) is -2.04. The molecule has 7 heteroatoms. The van der Waals surface area contributed by atoms with E-state index >= 15 is 0 Å². The van der Waals surface area contributed by atoms with E-state index < -0.39 is 22.0 Å². The monoisotopic (exact) mass is 301 g/mol. The Morgan fingerprint density at radius 3 is 2.55 bits per heavy atom. The van der Waals surface area contributed by atoms with Crippen molar-refractivity contribution in [3.05, 3.63) is 35.9 Å². The van der Waals surface area contributed by atoms with Gasteiger partial charge in [-0.15, -0.1) is 0 Å². The first-order valence-corrected chi connectivity index (χ1v) is 7.85. The van der Waals surface area contributed by atoms with Crippen molar-refractivity contribution in [1.82, 2.24) is 4.72 Å². The van der Waals surface area contributed by atoms with Gasteiger partial charge in [0.1, 0.15) is 0 Å². The van der Waals surface area contributed by atoms with E-state index in [9.17, 15) is 13.2 Å². The molecule has 0 heterocycles. The van der Waals surface area contributed by atoms with Crippen molar-refractivity contribution in [3.63, 3.8) is 0 Å². The molecule has 2 N–H and O–H groups in total. The fourth-order valence-electron chi connectivity index (χ4n) is 1.76. The van der Waals surface area contributed by atoms with Crippen LogP contribution >= 0.6 is 0 Å². The number of carboxylic acids is 1. The lowest BCUT2D eigenvalue weighted by atomic mass is 10.1. The van der Waals surface area contributed by atoms with Crippen molar-refractivity contribution in [2.45, 2.75) is 18.9 Å². The molecule has 1 unspecified atom stereocenters. The van der Waals surface area contributed by atoms with Crippen molar-refractivity contribution in [1.29, 1.82) is 0 Å². The number of hydrogen-bond acceptors (Lipinski definition) is 4. The topological polar surface area (TPSA) is 92.7 Å². The molecule has 1 atom stereocenters. The molecule has 0 radical (unpaired) electrons. The van der Waals surface area contributed by atoms with Gasteiger partial charge in [0.15, 0.2) is 0 Å². The van der Waals surface area contributed by atoms with E-state index in [-0.39, 0.29) is 12.2 Å². The summed E-state index contributed by atoms with van der Waals surface area (Å²) in [5.41, 5.74) is 0.630. The maximum absolute atomic E-state index is 11.9. The van der Waals surface area contributed by atoms with Crippen LogP contribution in [0.3, 0.4) is 0 Å². The van der Waals surface area contributed by atoms with Crippen LogP contribution in [-0.4, -0.2) is 39.0 Å². The Bertz CT molecular complexity index is 515. The van der Waals surface area contributed by atoms with Crippen LogP contribution in [0, 0.1) is 0 Å². The third kappa shape index (κ3) is 6.14. The summed E-state index contributed by atoms with van der Waals surface area (Å²) in [5.74, 6) is -1.15. The molecule has 1 aromatic carbocycles. The van der Waals surface area contributed by atoms with E-state index in [1.54, 1.807) is 30.3 Å². The fourth-order valence-corrected chi connectivity index (χ4v) is 3.03. The molecule has 0 aliphatic heterocycles. The lowest BCUT2D eigenvalue weighted by Gasteiger charge is -2.17. The second-order valence-corrected chi connectivity index (χ2v) is 6.22. The van der Waals surface area contributed by atoms with Crippen LogP contribution in [0.1, 0.15) is 24.4 Å². The number of methoxy groups -OCH3 is 1. The molecule has 0 saturated heterocycles. The van der Waals surface area contributed by atoms with Crippen molar-refractivity contribution >= 4 is 16.0 Å². The van der Waals surface area contributed by atoms with Crippen LogP contribution in [0.5, 0.6) is 0 Å². The molecule has 0 aromatic heterocycles. The lowest BCUT2D eigenvalue weighted by Crippen LogP contribution is -2.32. The SMILES string of the molecule is COCCCS(=O)(=O)NC(CC(=O)O)c1ccccc1. The minimum atomic E-state index is -3.54. The van der Waals surface area contributed by atoms with Gasteiger partial charge in [0.05, 0.1) is 18.2 Å². The van der Waals surface area contributed by atoms with Crippen LogP contribution in [0.4, 0.5) is 0 Å². The predicted molar refractivity (Wildman–Crippen MR) is 74.9 cm³/mol. The summed E-state index contributed by atoms with van der Waals surface area (Å²) >= 11 is 0. The van der Waals surface area contributed by atoms with Gasteiger partial charge in [0.25, 0.3) is 0 Å². The van der Waals surface area contributed by atoms with Crippen molar-refractivity contribution in [2.75, 3.05) is 19.5 Å². The first-order chi connectivity index (χ1) is 9.44. The van der Waals surface area contributed by atoms with E-state index in [2.05, 4.69) is 4.72 Å². The van der Waals surface area contributed by atoms with Crippen LogP contribution in [0.15, 0.2) is 30.3 Å². The molecule has 0 amide bonds. The zero-order chi connectivity index (χ0) is 15.0. The second kappa shape index (κ2) is 7.98. The maximum Gasteiger partial charge on any atom is 0.305 e. The maximum atomic E-state index is 11.9. The molecular weight excluding hydrogens is 282 g/mol. The molecule has 112 valence electrons. The average molecular weight is 301 g/mol. The molecule has 0 fully saturated rings. The number of nitrogens with one attached hydrogen (secondary N) is 1. The molecule has 1 rings (SSSR count). The predicted octanol–water partition coefficient (Wildman–Crippen LogP) is 1.16. The molecule has 6 nitrogen and oxygen atoms in total. The number of carbonyl (C=O) groups is 1. The lowest BCUT2D eigenvalue weighted by molar-refractivity contribution is -0.137. The number of ether oxygens (including phenoxy) is 1. The van der Waals surface area contributed by atoms with E-state index in [0.29, 0.717) is 18.6 Å². The Morgan fingerprint density at radius 2 is 2.00 bits per heavy atom. The van der Waals surface area contributed by atoms with Crippen LogP contribution in [-0.2, 0) is 19.6 Å². The summed E-state index contributed by atoms with van der Waals surface area (Å²) in [5, 5.41) is 8.90. The highest BCUT2D eigenvalue weighted by molar-refractivity contribution is 7.89. The Labute approximate surface area is 118 Å². The average Bonchev–Trinajstić information content (AvgIpc) is 2.38. The van der Waals surface area contributed by atoms with E-state index in [0.717, 1.165) is 0 Å². The van der Waals surface area contributed by atoms with Gasteiger partial charge >= 0.3 is 5.97 Å². The highest BCUT2D eigenvalue weighted by Crippen LogP contribution is 2.17. The van der Waals surface area contributed by atoms with Crippen LogP contribution < -0.4 is 4.72 Å². The van der Waals surface area contributed by atoms with Gasteiger partial charge in [0.2, 0.25) is 10.0 Å². The summed E-state index contributed by atoms with van der Waals surface area (Å²) in [6.07, 6.45) is 0.0634. The first kappa shape index (κ1) is 16.6. The molecule has 20 heavy (non-hydrogen) atoms. The minimum Gasteiger partial charge on any atom is -0.481 e. The summed E-state index contributed by atoms with van der Waals surface area (Å²) < 4.78 is 31.1. The smallest absolute Gasteiger partial charge is 0.305 e. The quantitative estimate of drug-likeness (QED) is 0.668. The highest BCUT2D eigenvalue weighted by Gasteiger charge is 2.21. The summed E-state index contributed by atoms with van der Waals surface area (Å²) in [6.45, 7) is 0.343. The van der Waals surface area contributed by atoms with Gasteiger partial charge in [-0.2, -0.15) is 0 Å². The Balaban J connectivity index is 2.77. The van der Waals surface area contributed by atoms with E-state index in [1.807, 2.05) is 0 Å². The number of benzene rings is 1. The highest BCUT2D eigenvalue weighted by atomic mass is 32.2. The Hall–Kier alpha value is -1.44. The Morgan fingerprint density at radius 1 is 1.35 bits per heavy atom. The minimum absolute atomic E-state index is 0.0935. The number of hydrogen-bond donors (Lipinski definition) is 2. The number of aliphatic carboxylic acids is 1. The van der Waals surface area contributed by atoms with Gasteiger partial charge in [-0.25, -0.2) is 13.1 Å². The molecule has 0 aliphatic rings. The summed E-state index contributed by atoms with van der Waals surface area (Å²) in [4.78, 5) is 10.9. The number of rotatable bonds is 9. The van der Waals surface area contributed by atoms with Gasteiger partial charge in [-0.1, -0.05) is 30.3 Å². The second-order valence-electron chi connectivity index (χ2n) is 4.34. The largest absolute Gasteiger partial charge is 0.481 e. The van der Waals surface area contributed by atoms with Gasteiger partial charge in [-0.05, 0) is 12.0 Å². The standard InChI is InChI=1S/C13H19NO5S/c1-19-8-5-9-20(17,18)14-12(10-13(15)16)11-6-3-2-4-7-11/h2-4,6-7,12,14H,5,8-10H2,1H3,(H,15,16). The van der Waals surface area contributed by atoms with Crippen LogP contribution in [0.2, 0.25) is 0 Å². The summed E-state index contributed by atoms with van der Waals surface area (Å²) in [6, 6.07) is 7.90. The zero-order valence-electron chi connectivity index (χ0n) is 11.3. The molecule has 1 aromatic rings. The van der Waals surface area contributed by atoms with E-state index in [4.69, 9.17) is 9.84 Å². The third-order valence-corrected chi connectivity index (χ3v) is 4.13. The molecule has 0 aliphatic carbocycles. The first-order valence-electron chi connectivity index (χ1n) is 6.20. The van der Waals surface area contributed by atoms with Crippen molar-refractivity contribution < 1.29 is 23.1 Å². The van der Waals surface area contributed by atoms with Crippen LogP contribution in [0.25, 0.3) is 0 Å². The van der Waals surface area contributed by atoms with Crippen molar-refractivity contribution in [3.8, 4) is 0 Å². The molecule has 0 spiro atoms. The zero-order valence-corrected chi connectivity index (χ0v) is 12.1. The fraction of sp³-hybridized carbons (Fsp3) is 0.462. The molecular formula is C13H19NO5S. The molecule has 0 bridgehead atoms. The number of carboxylic acid groups (broad SMARTS) is 1. The van der Waals surface area contributed by atoms with Gasteiger partial charge < -0.3 is 9.84 Å².